The Morgan fingerprint density at radius 3 is 2.18 bits per heavy atom. The zero-order chi connectivity index (χ0) is 16.3. The molecule has 0 unspecified atom stereocenters. The van der Waals surface area contributed by atoms with Crippen LogP contribution in [0.1, 0.15) is 33.2 Å². The monoisotopic (exact) mass is 359 g/mol. The zero-order valence-electron chi connectivity index (χ0n) is 12.3. The summed E-state index contributed by atoms with van der Waals surface area (Å²) in [5.41, 5.74) is 2.12. The van der Waals surface area contributed by atoms with E-state index >= 15 is 0 Å². The Hall–Kier alpha value is -2.16. The molecular formula is C18H15O3Se. The molecule has 111 valence electrons. The molecule has 1 aliphatic rings. The molecule has 0 saturated heterocycles. The molecule has 3 nitrogen and oxygen atoms in total. The fourth-order valence-electron chi connectivity index (χ4n) is 2.07. The second-order valence-corrected chi connectivity index (χ2v) is 6.02. The van der Waals surface area contributed by atoms with Gasteiger partial charge in [-0.25, -0.2) is 0 Å². The van der Waals surface area contributed by atoms with Crippen LogP contribution < -0.4 is 4.46 Å². The topological polar surface area (TPSA) is 54.4 Å². The maximum absolute atomic E-state index is 11.6. The van der Waals surface area contributed by atoms with Crippen molar-refractivity contribution in [2.24, 2.45) is 0 Å². The number of aromatic hydroxyl groups is 1. The van der Waals surface area contributed by atoms with Gasteiger partial charge in [0.2, 0.25) is 0 Å². The van der Waals surface area contributed by atoms with Gasteiger partial charge in [-0.2, -0.15) is 0 Å². The first-order chi connectivity index (χ1) is 10.4. The Kier molecular flexibility index (Phi) is 4.96. The number of Topliss-reactive ketones (excluding diaryl/α,β-unsaturated/α-hetero) is 1. The molecule has 0 fully saturated rings. The van der Waals surface area contributed by atoms with Crippen LogP contribution in [0.5, 0.6) is 5.75 Å². The Labute approximate surface area is 137 Å². The standard InChI is InChI=1S/C11H8O3.C7H7Se/c1-6-5-9(13)10-7(11(6)14)3-2-4-8(10)12;1-6-2-4-7(8)5-3-6/h2-5,12H,1H3;2-5H,1H3. The van der Waals surface area contributed by atoms with Crippen LogP contribution in [0, 0.1) is 6.92 Å². The van der Waals surface area contributed by atoms with Gasteiger partial charge in [-0.05, 0) is 19.1 Å². The second-order valence-electron chi connectivity index (χ2n) is 5.03. The van der Waals surface area contributed by atoms with E-state index in [1.165, 1.54) is 22.2 Å². The Bertz CT molecular complexity index is 737. The summed E-state index contributed by atoms with van der Waals surface area (Å²) in [6.07, 6.45) is 1.25. The third-order valence-corrected chi connectivity index (χ3v) is 3.83. The van der Waals surface area contributed by atoms with Crippen molar-refractivity contribution in [2.45, 2.75) is 13.8 Å². The first-order valence-electron chi connectivity index (χ1n) is 6.73. The third-order valence-electron chi connectivity index (χ3n) is 3.26. The molecule has 0 saturated carbocycles. The predicted octanol–water partition coefficient (Wildman–Crippen LogP) is 2.51. The van der Waals surface area contributed by atoms with Crippen LogP contribution in [-0.4, -0.2) is 32.7 Å². The van der Waals surface area contributed by atoms with Gasteiger partial charge in [0, 0.05) is 11.1 Å². The van der Waals surface area contributed by atoms with E-state index < -0.39 is 0 Å². The quantitative estimate of drug-likeness (QED) is 0.737. The summed E-state index contributed by atoms with van der Waals surface area (Å²) in [6.45, 7) is 3.67. The number of benzene rings is 2. The summed E-state index contributed by atoms with van der Waals surface area (Å²) in [4.78, 5) is 23.1. The van der Waals surface area contributed by atoms with Crippen molar-refractivity contribution in [3.05, 3.63) is 70.8 Å². The Balaban J connectivity index is 0.000000188. The Morgan fingerprint density at radius 2 is 1.59 bits per heavy atom. The average molecular weight is 358 g/mol. The number of phenols is 1. The number of aryl methyl sites for hydroxylation is 1. The first kappa shape index (κ1) is 16.2. The molecule has 0 bridgehead atoms. The summed E-state index contributed by atoms with van der Waals surface area (Å²) >= 11 is 2.93. The van der Waals surface area contributed by atoms with Gasteiger partial charge in [-0.15, -0.1) is 0 Å². The maximum atomic E-state index is 11.6. The number of allylic oxidation sites excluding steroid dienone is 2. The van der Waals surface area contributed by atoms with E-state index in [4.69, 9.17) is 0 Å². The van der Waals surface area contributed by atoms with Gasteiger partial charge in [0.15, 0.2) is 11.6 Å². The SMILES string of the molecule is CC1=CC(=O)c2c(O)cccc2C1=O.Cc1ccc([Se])cc1. The fraction of sp³-hybridized carbons (Fsp3) is 0.111. The van der Waals surface area contributed by atoms with Gasteiger partial charge in [0.05, 0.1) is 5.56 Å². The Morgan fingerprint density at radius 1 is 0.955 bits per heavy atom. The molecule has 0 spiro atoms. The molecule has 0 aliphatic heterocycles. The third kappa shape index (κ3) is 3.53. The summed E-state index contributed by atoms with van der Waals surface area (Å²) in [6, 6.07) is 12.8. The minimum absolute atomic E-state index is 0.114. The number of phenolic OH excluding ortho intramolecular Hbond substituents is 1. The van der Waals surface area contributed by atoms with Gasteiger partial charge >= 0.3 is 57.2 Å². The van der Waals surface area contributed by atoms with Gasteiger partial charge in [-0.1, -0.05) is 12.1 Å². The van der Waals surface area contributed by atoms with Gasteiger partial charge < -0.3 is 5.11 Å². The molecule has 0 heterocycles. The van der Waals surface area contributed by atoms with Crippen LogP contribution >= 0.6 is 0 Å². The van der Waals surface area contributed by atoms with E-state index in [1.54, 1.807) is 19.1 Å². The molecule has 4 heteroatoms. The molecule has 0 amide bonds. The van der Waals surface area contributed by atoms with Crippen LogP contribution in [0.2, 0.25) is 0 Å². The fourth-order valence-corrected chi connectivity index (χ4v) is 2.36. The number of hydrogen-bond donors (Lipinski definition) is 1. The summed E-state index contributed by atoms with van der Waals surface area (Å²) < 4.78 is 1.20. The number of hydrogen-bond acceptors (Lipinski definition) is 3. The molecule has 2 aromatic carbocycles. The molecule has 3 rings (SSSR count). The van der Waals surface area contributed by atoms with Crippen molar-refractivity contribution in [1.29, 1.82) is 0 Å². The zero-order valence-corrected chi connectivity index (χ0v) is 14.0. The summed E-state index contributed by atoms with van der Waals surface area (Å²) in [5.74, 6) is -0.643. The van der Waals surface area contributed by atoms with Crippen LogP contribution in [0.3, 0.4) is 0 Å². The van der Waals surface area contributed by atoms with Crippen molar-refractivity contribution in [2.75, 3.05) is 0 Å². The number of ketones is 2. The van der Waals surface area contributed by atoms with E-state index in [1.807, 2.05) is 0 Å². The van der Waals surface area contributed by atoms with Crippen LogP contribution in [0.4, 0.5) is 0 Å². The van der Waals surface area contributed by atoms with Crippen molar-refractivity contribution in [1.82, 2.24) is 0 Å². The summed E-state index contributed by atoms with van der Waals surface area (Å²) in [7, 11) is 0. The van der Waals surface area contributed by atoms with Crippen molar-refractivity contribution >= 4 is 32.0 Å². The van der Waals surface area contributed by atoms with E-state index in [9.17, 15) is 14.7 Å². The second kappa shape index (κ2) is 6.73. The molecular weight excluding hydrogens is 343 g/mol. The molecule has 0 aromatic heterocycles. The van der Waals surface area contributed by atoms with E-state index in [2.05, 4.69) is 47.2 Å². The van der Waals surface area contributed by atoms with Gasteiger partial charge in [0.1, 0.15) is 5.75 Å². The number of carbonyl (C=O) groups excluding carboxylic acids is 2. The van der Waals surface area contributed by atoms with Crippen LogP contribution in [-0.2, 0) is 0 Å². The average Bonchev–Trinajstić information content (AvgIpc) is 2.48. The number of fused-ring (bicyclic) bond motifs is 1. The molecule has 1 N–H and O–H groups in total. The molecule has 2 aromatic rings. The number of rotatable bonds is 0. The molecule has 1 radical (unpaired) electrons. The predicted molar refractivity (Wildman–Crippen MR) is 87.1 cm³/mol. The summed E-state index contributed by atoms with van der Waals surface area (Å²) in [5, 5.41) is 9.43. The van der Waals surface area contributed by atoms with E-state index in [0.717, 1.165) is 0 Å². The van der Waals surface area contributed by atoms with E-state index in [-0.39, 0.29) is 28.4 Å². The van der Waals surface area contributed by atoms with E-state index in [0.29, 0.717) is 5.57 Å². The van der Waals surface area contributed by atoms with Crippen molar-refractivity contribution < 1.29 is 14.7 Å². The normalized spacial score (nSPS) is 12.9. The van der Waals surface area contributed by atoms with Gasteiger partial charge in [0.25, 0.3) is 0 Å². The van der Waals surface area contributed by atoms with Gasteiger partial charge in [-0.3, -0.25) is 9.59 Å². The molecule has 0 atom stereocenters. The van der Waals surface area contributed by atoms with Crippen molar-refractivity contribution in [3.8, 4) is 5.75 Å². The van der Waals surface area contributed by atoms with Crippen LogP contribution in [0.15, 0.2) is 54.1 Å². The first-order valence-corrected chi connectivity index (χ1v) is 7.59. The van der Waals surface area contributed by atoms with Crippen LogP contribution in [0.25, 0.3) is 0 Å². The number of carbonyl (C=O) groups is 2. The molecule has 1 aliphatic carbocycles. The molecule has 22 heavy (non-hydrogen) atoms. The van der Waals surface area contributed by atoms with Crippen molar-refractivity contribution in [3.63, 3.8) is 0 Å². The minimum atomic E-state index is -0.310.